The predicted octanol–water partition coefficient (Wildman–Crippen LogP) is 1.95. The summed E-state index contributed by atoms with van der Waals surface area (Å²) in [6.45, 7) is 7.37. The number of likely N-dealkylation sites (tertiary alicyclic amines) is 1. The van der Waals surface area contributed by atoms with Crippen molar-refractivity contribution >= 4 is 5.97 Å². The van der Waals surface area contributed by atoms with E-state index in [0.717, 1.165) is 37.8 Å². The van der Waals surface area contributed by atoms with E-state index in [9.17, 15) is 9.90 Å². The molecule has 1 aliphatic carbocycles. The van der Waals surface area contributed by atoms with Crippen LogP contribution < -0.4 is 5.32 Å². The van der Waals surface area contributed by atoms with E-state index in [4.69, 9.17) is 0 Å². The predicted molar refractivity (Wildman–Crippen MR) is 76.2 cm³/mol. The van der Waals surface area contributed by atoms with Crippen molar-refractivity contribution in [1.29, 1.82) is 0 Å². The van der Waals surface area contributed by atoms with Crippen molar-refractivity contribution in [3.05, 3.63) is 0 Å². The lowest BCUT2D eigenvalue weighted by molar-refractivity contribution is -0.140. The normalized spacial score (nSPS) is 27.2. The highest BCUT2D eigenvalue weighted by molar-refractivity contribution is 5.73. The van der Waals surface area contributed by atoms with Crippen LogP contribution in [0.2, 0.25) is 0 Å². The number of rotatable bonds is 6. The van der Waals surface area contributed by atoms with Crippen molar-refractivity contribution in [1.82, 2.24) is 10.2 Å². The van der Waals surface area contributed by atoms with E-state index in [1.54, 1.807) is 0 Å². The highest BCUT2D eigenvalue weighted by Crippen LogP contribution is 2.25. The van der Waals surface area contributed by atoms with Gasteiger partial charge in [0.1, 0.15) is 6.04 Å². The van der Waals surface area contributed by atoms with Crippen LogP contribution in [0, 0.1) is 11.8 Å². The van der Waals surface area contributed by atoms with Gasteiger partial charge in [-0.3, -0.25) is 4.79 Å². The molecule has 0 radical (unpaired) electrons. The highest BCUT2D eigenvalue weighted by atomic mass is 16.4. The van der Waals surface area contributed by atoms with Gasteiger partial charge in [0.25, 0.3) is 0 Å². The van der Waals surface area contributed by atoms with E-state index < -0.39 is 5.97 Å². The molecule has 4 heteroatoms. The first-order valence-corrected chi connectivity index (χ1v) is 7.77. The number of nitrogens with zero attached hydrogens (tertiary/aromatic N) is 1. The minimum atomic E-state index is -0.698. The van der Waals surface area contributed by atoms with Crippen LogP contribution in [0.4, 0.5) is 0 Å². The third-order valence-corrected chi connectivity index (χ3v) is 4.56. The molecule has 19 heavy (non-hydrogen) atoms. The van der Waals surface area contributed by atoms with Gasteiger partial charge in [0.15, 0.2) is 0 Å². The number of carboxylic acids is 1. The average molecular weight is 268 g/mol. The average Bonchev–Trinajstić information content (AvgIpc) is 3.14. The first kappa shape index (κ1) is 14.8. The summed E-state index contributed by atoms with van der Waals surface area (Å²) in [5.41, 5.74) is 0. The zero-order chi connectivity index (χ0) is 13.8. The van der Waals surface area contributed by atoms with Gasteiger partial charge in [0.05, 0.1) is 0 Å². The van der Waals surface area contributed by atoms with Crippen LogP contribution in [0.1, 0.15) is 46.0 Å². The van der Waals surface area contributed by atoms with E-state index in [1.165, 1.54) is 19.3 Å². The smallest absolute Gasteiger partial charge is 0.322 e. The van der Waals surface area contributed by atoms with Gasteiger partial charge in [-0.1, -0.05) is 13.8 Å². The maximum atomic E-state index is 11.3. The summed E-state index contributed by atoms with van der Waals surface area (Å²) in [4.78, 5) is 13.6. The van der Waals surface area contributed by atoms with E-state index >= 15 is 0 Å². The maximum absolute atomic E-state index is 11.3. The molecule has 2 rings (SSSR count). The van der Waals surface area contributed by atoms with Crippen molar-refractivity contribution in [2.24, 2.45) is 11.8 Å². The zero-order valence-corrected chi connectivity index (χ0v) is 12.3. The quantitative estimate of drug-likeness (QED) is 0.773. The van der Waals surface area contributed by atoms with Crippen LogP contribution in [0.3, 0.4) is 0 Å². The number of aliphatic carboxylic acids is 1. The third-order valence-electron chi connectivity index (χ3n) is 4.56. The van der Waals surface area contributed by atoms with Gasteiger partial charge in [0, 0.05) is 12.6 Å². The fourth-order valence-corrected chi connectivity index (χ4v) is 3.03. The Kier molecular flexibility index (Phi) is 5.22. The molecule has 0 amide bonds. The Balaban J connectivity index is 1.81. The van der Waals surface area contributed by atoms with E-state index in [-0.39, 0.29) is 6.04 Å². The number of hydrogen-bond acceptors (Lipinski definition) is 3. The first-order valence-electron chi connectivity index (χ1n) is 7.77. The van der Waals surface area contributed by atoms with Crippen molar-refractivity contribution in [3.8, 4) is 0 Å². The molecule has 0 aromatic heterocycles. The molecule has 1 saturated carbocycles. The summed E-state index contributed by atoms with van der Waals surface area (Å²) in [5, 5.41) is 12.6. The molecule has 2 unspecified atom stereocenters. The van der Waals surface area contributed by atoms with E-state index in [2.05, 4.69) is 24.1 Å². The van der Waals surface area contributed by atoms with Crippen LogP contribution in [-0.4, -0.2) is 47.7 Å². The molecule has 2 N–H and O–H groups in total. The fraction of sp³-hybridized carbons (Fsp3) is 0.933. The monoisotopic (exact) mass is 268 g/mol. The topological polar surface area (TPSA) is 52.6 Å². The molecular formula is C15H28N2O2. The second-order valence-electron chi connectivity index (χ2n) is 6.57. The largest absolute Gasteiger partial charge is 0.480 e. The summed E-state index contributed by atoms with van der Waals surface area (Å²) in [5.74, 6) is 0.862. The van der Waals surface area contributed by atoms with Crippen LogP contribution in [-0.2, 0) is 4.79 Å². The second kappa shape index (κ2) is 6.71. The minimum absolute atomic E-state index is 0.386. The lowest BCUT2D eigenvalue weighted by Crippen LogP contribution is -2.47. The van der Waals surface area contributed by atoms with Gasteiger partial charge in [-0.2, -0.15) is 0 Å². The summed E-state index contributed by atoms with van der Waals surface area (Å²) in [6.07, 6.45) is 5.99. The Morgan fingerprint density at radius 3 is 2.58 bits per heavy atom. The molecule has 1 aliphatic heterocycles. The van der Waals surface area contributed by atoms with Gasteiger partial charge < -0.3 is 15.3 Å². The number of nitrogens with one attached hydrogen (secondary N) is 1. The van der Waals surface area contributed by atoms with E-state index in [1.807, 2.05) is 0 Å². The summed E-state index contributed by atoms with van der Waals surface area (Å²) < 4.78 is 0. The Bertz CT molecular complexity index is 303. The molecule has 0 bridgehead atoms. The molecule has 110 valence electrons. The van der Waals surface area contributed by atoms with Crippen LogP contribution >= 0.6 is 0 Å². The summed E-state index contributed by atoms with van der Waals surface area (Å²) >= 11 is 0. The van der Waals surface area contributed by atoms with Crippen LogP contribution in [0.5, 0.6) is 0 Å². The molecule has 1 saturated heterocycles. The Labute approximate surface area is 116 Å². The molecule has 1 heterocycles. The van der Waals surface area contributed by atoms with Crippen LogP contribution in [0.25, 0.3) is 0 Å². The molecule has 4 nitrogen and oxygen atoms in total. The third kappa shape index (κ3) is 4.77. The fourth-order valence-electron chi connectivity index (χ4n) is 3.03. The van der Waals surface area contributed by atoms with Gasteiger partial charge in [0.2, 0.25) is 0 Å². The lowest BCUT2D eigenvalue weighted by atomic mass is 9.89. The molecule has 2 atom stereocenters. The van der Waals surface area contributed by atoms with Crippen LogP contribution in [0.15, 0.2) is 0 Å². The van der Waals surface area contributed by atoms with Crippen molar-refractivity contribution in [2.45, 2.75) is 58.0 Å². The Morgan fingerprint density at radius 2 is 2.00 bits per heavy atom. The number of carboxylic acid groups (broad SMARTS) is 1. The van der Waals surface area contributed by atoms with Crippen molar-refractivity contribution in [3.63, 3.8) is 0 Å². The van der Waals surface area contributed by atoms with Gasteiger partial charge in [-0.25, -0.2) is 0 Å². The van der Waals surface area contributed by atoms with Gasteiger partial charge in [-0.15, -0.1) is 0 Å². The zero-order valence-electron chi connectivity index (χ0n) is 12.3. The Morgan fingerprint density at radius 1 is 1.26 bits per heavy atom. The SMILES string of the molecule is CC(C)C1CCCN(CC(NC2CC2)C(=O)O)CC1. The maximum Gasteiger partial charge on any atom is 0.322 e. The molecule has 0 spiro atoms. The standard InChI is InChI=1S/C15H28N2O2/c1-11(2)12-4-3-8-17(9-7-12)10-14(15(18)19)16-13-5-6-13/h11-14,16H,3-10H2,1-2H3,(H,18,19). The highest BCUT2D eigenvalue weighted by Gasteiger charge is 2.30. The lowest BCUT2D eigenvalue weighted by Gasteiger charge is -2.25. The molecule has 2 aliphatic rings. The van der Waals surface area contributed by atoms with Gasteiger partial charge >= 0.3 is 5.97 Å². The first-order chi connectivity index (χ1) is 9.06. The minimum Gasteiger partial charge on any atom is -0.480 e. The van der Waals surface area contributed by atoms with Crippen molar-refractivity contribution < 1.29 is 9.90 Å². The summed E-state index contributed by atoms with van der Waals surface area (Å²) in [6, 6.07) is 0.0691. The van der Waals surface area contributed by atoms with E-state index in [0.29, 0.717) is 12.6 Å². The van der Waals surface area contributed by atoms with Crippen molar-refractivity contribution in [2.75, 3.05) is 19.6 Å². The molecule has 2 fully saturated rings. The molecular weight excluding hydrogens is 240 g/mol. The summed E-state index contributed by atoms with van der Waals surface area (Å²) in [7, 11) is 0. The molecule has 0 aromatic carbocycles. The number of hydrogen-bond donors (Lipinski definition) is 2. The number of carbonyl (C=O) groups is 1. The Hall–Kier alpha value is -0.610. The van der Waals surface area contributed by atoms with Gasteiger partial charge in [-0.05, 0) is 57.0 Å². The second-order valence-corrected chi connectivity index (χ2v) is 6.57. The molecule has 0 aromatic rings.